The van der Waals surface area contributed by atoms with E-state index in [9.17, 15) is 10.1 Å². The van der Waals surface area contributed by atoms with E-state index < -0.39 is 5.41 Å². The van der Waals surface area contributed by atoms with Crippen molar-refractivity contribution >= 4 is 17.4 Å². The molecule has 1 atom stereocenters. The molecule has 0 saturated carbocycles. The molecule has 26 heavy (non-hydrogen) atoms. The van der Waals surface area contributed by atoms with Crippen LogP contribution in [0.25, 0.3) is 0 Å². The van der Waals surface area contributed by atoms with Crippen molar-refractivity contribution in [2.24, 2.45) is 5.41 Å². The van der Waals surface area contributed by atoms with Gasteiger partial charge in [0.25, 0.3) is 0 Å². The molecule has 3 heterocycles. The first-order chi connectivity index (χ1) is 12.6. The molecular weight excluding hydrogens is 326 g/mol. The second kappa shape index (κ2) is 6.41. The summed E-state index contributed by atoms with van der Waals surface area (Å²) < 4.78 is 0. The van der Waals surface area contributed by atoms with Gasteiger partial charge < -0.3 is 9.80 Å². The molecule has 1 spiro atoms. The lowest BCUT2D eigenvalue weighted by Crippen LogP contribution is -2.48. The summed E-state index contributed by atoms with van der Waals surface area (Å²) in [6, 6.07) is 10.1. The second-order valence-electron chi connectivity index (χ2n) is 7.14. The SMILES string of the molecule is Cc1ccccc1N1CCC2(CCCN(c3nccnc3C#N)C2)C1=O. The predicted octanol–water partition coefficient (Wildman–Crippen LogP) is 2.68. The van der Waals surface area contributed by atoms with Crippen molar-refractivity contribution in [1.29, 1.82) is 5.26 Å². The molecule has 0 bridgehead atoms. The summed E-state index contributed by atoms with van der Waals surface area (Å²) in [5, 5.41) is 9.32. The van der Waals surface area contributed by atoms with Crippen molar-refractivity contribution in [3.63, 3.8) is 0 Å². The lowest BCUT2D eigenvalue weighted by atomic mass is 9.78. The highest BCUT2D eigenvalue weighted by atomic mass is 16.2. The number of aryl methyl sites for hydroxylation is 1. The number of nitrogens with zero attached hydrogens (tertiary/aromatic N) is 5. The van der Waals surface area contributed by atoms with Gasteiger partial charge in [-0.1, -0.05) is 18.2 Å². The van der Waals surface area contributed by atoms with E-state index in [1.165, 1.54) is 6.20 Å². The summed E-state index contributed by atoms with van der Waals surface area (Å²) in [4.78, 5) is 25.8. The zero-order chi connectivity index (χ0) is 18.1. The largest absolute Gasteiger partial charge is 0.353 e. The Morgan fingerprint density at radius 1 is 1.15 bits per heavy atom. The molecule has 1 aromatic carbocycles. The van der Waals surface area contributed by atoms with E-state index in [4.69, 9.17) is 0 Å². The molecule has 2 aliphatic heterocycles. The van der Waals surface area contributed by atoms with E-state index in [0.29, 0.717) is 18.1 Å². The van der Waals surface area contributed by atoms with Gasteiger partial charge in [-0.05, 0) is 37.8 Å². The van der Waals surface area contributed by atoms with E-state index in [1.807, 2.05) is 36.1 Å². The molecule has 132 valence electrons. The topological polar surface area (TPSA) is 73.1 Å². The van der Waals surface area contributed by atoms with Gasteiger partial charge in [0.05, 0.1) is 5.41 Å². The van der Waals surface area contributed by atoms with Gasteiger partial charge in [-0.15, -0.1) is 0 Å². The number of hydrogen-bond donors (Lipinski definition) is 0. The van der Waals surface area contributed by atoms with Crippen LogP contribution in [0.15, 0.2) is 36.7 Å². The van der Waals surface area contributed by atoms with Crippen LogP contribution in [0.4, 0.5) is 11.5 Å². The zero-order valence-electron chi connectivity index (χ0n) is 14.9. The third-order valence-corrected chi connectivity index (χ3v) is 5.58. The van der Waals surface area contributed by atoms with E-state index in [0.717, 1.165) is 43.6 Å². The highest BCUT2D eigenvalue weighted by molar-refractivity contribution is 6.01. The number of benzene rings is 1. The second-order valence-corrected chi connectivity index (χ2v) is 7.14. The zero-order valence-corrected chi connectivity index (χ0v) is 14.9. The maximum absolute atomic E-state index is 13.4. The van der Waals surface area contributed by atoms with E-state index in [1.54, 1.807) is 6.20 Å². The molecule has 6 nitrogen and oxygen atoms in total. The lowest BCUT2D eigenvalue weighted by Gasteiger charge is -2.39. The van der Waals surface area contributed by atoms with Crippen molar-refractivity contribution in [2.75, 3.05) is 29.4 Å². The Labute approximate surface area is 153 Å². The molecule has 1 unspecified atom stereocenters. The predicted molar refractivity (Wildman–Crippen MR) is 98.8 cm³/mol. The number of para-hydroxylation sites is 1. The molecule has 0 N–H and O–H groups in total. The quantitative estimate of drug-likeness (QED) is 0.835. The van der Waals surface area contributed by atoms with Crippen LogP contribution < -0.4 is 9.80 Å². The minimum Gasteiger partial charge on any atom is -0.353 e. The van der Waals surface area contributed by atoms with E-state index >= 15 is 0 Å². The molecule has 2 aromatic rings. The molecule has 2 fully saturated rings. The Morgan fingerprint density at radius 2 is 1.96 bits per heavy atom. The van der Waals surface area contributed by atoms with E-state index in [-0.39, 0.29) is 5.91 Å². The van der Waals surface area contributed by atoms with Gasteiger partial charge in [-0.25, -0.2) is 9.97 Å². The number of amides is 1. The smallest absolute Gasteiger partial charge is 0.235 e. The van der Waals surface area contributed by atoms with Crippen LogP contribution in [-0.4, -0.2) is 35.5 Å². The number of carbonyl (C=O) groups excluding carboxylic acids is 1. The Bertz CT molecular complexity index is 890. The van der Waals surface area contributed by atoms with Gasteiger partial charge >= 0.3 is 0 Å². The molecular formula is C20H21N5O. The molecule has 2 aliphatic rings. The molecule has 0 aliphatic carbocycles. The summed E-state index contributed by atoms with van der Waals surface area (Å²) in [6.07, 6.45) is 5.76. The average molecular weight is 347 g/mol. The summed E-state index contributed by atoms with van der Waals surface area (Å²) in [5.74, 6) is 0.787. The van der Waals surface area contributed by atoms with Crippen LogP contribution in [0.1, 0.15) is 30.5 Å². The first kappa shape index (κ1) is 16.5. The standard InChI is InChI=1S/C20H21N5O/c1-15-5-2-3-6-17(15)25-12-8-20(19(25)26)7-4-11-24(14-20)18-16(13-21)22-9-10-23-18/h2-3,5-6,9-10H,4,7-8,11-12,14H2,1H3. The summed E-state index contributed by atoms with van der Waals surface area (Å²) in [6.45, 7) is 4.18. The summed E-state index contributed by atoms with van der Waals surface area (Å²) in [7, 11) is 0. The summed E-state index contributed by atoms with van der Waals surface area (Å²) >= 11 is 0. The van der Waals surface area contributed by atoms with Crippen LogP contribution in [0.5, 0.6) is 0 Å². The van der Waals surface area contributed by atoms with Crippen LogP contribution in [0, 0.1) is 23.7 Å². The Balaban J connectivity index is 1.62. The minimum atomic E-state index is -0.398. The first-order valence-electron chi connectivity index (χ1n) is 8.98. The van der Waals surface area contributed by atoms with Gasteiger partial charge in [0.1, 0.15) is 6.07 Å². The molecule has 4 rings (SSSR count). The Morgan fingerprint density at radius 3 is 2.77 bits per heavy atom. The maximum Gasteiger partial charge on any atom is 0.235 e. The Kier molecular flexibility index (Phi) is 4.08. The van der Waals surface area contributed by atoms with Crippen molar-refractivity contribution in [3.8, 4) is 6.07 Å². The van der Waals surface area contributed by atoms with Gasteiger partial charge in [-0.2, -0.15) is 5.26 Å². The molecule has 0 radical (unpaired) electrons. The fourth-order valence-corrected chi connectivity index (χ4v) is 4.25. The normalized spacial score (nSPS) is 22.7. The summed E-state index contributed by atoms with van der Waals surface area (Å²) in [5.41, 5.74) is 2.05. The van der Waals surface area contributed by atoms with Gasteiger partial charge in [-0.3, -0.25) is 4.79 Å². The number of aromatic nitrogens is 2. The van der Waals surface area contributed by atoms with Crippen molar-refractivity contribution in [3.05, 3.63) is 47.9 Å². The third kappa shape index (κ3) is 2.60. The van der Waals surface area contributed by atoms with Crippen molar-refractivity contribution in [2.45, 2.75) is 26.2 Å². The lowest BCUT2D eigenvalue weighted by molar-refractivity contribution is -0.126. The maximum atomic E-state index is 13.4. The number of rotatable bonds is 2. The highest BCUT2D eigenvalue weighted by Gasteiger charge is 2.49. The molecule has 6 heteroatoms. The van der Waals surface area contributed by atoms with Crippen LogP contribution in [-0.2, 0) is 4.79 Å². The molecule has 2 saturated heterocycles. The average Bonchev–Trinajstić information content (AvgIpc) is 2.98. The first-order valence-corrected chi connectivity index (χ1v) is 8.98. The van der Waals surface area contributed by atoms with Crippen molar-refractivity contribution in [1.82, 2.24) is 9.97 Å². The minimum absolute atomic E-state index is 0.193. The van der Waals surface area contributed by atoms with Crippen LogP contribution in [0.2, 0.25) is 0 Å². The number of hydrogen-bond acceptors (Lipinski definition) is 5. The third-order valence-electron chi connectivity index (χ3n) is 5.58. The van der Waals surface area contributed by atoms with Gasteiger partial charge in [0.2, 0.25) is 5.91 Å². The number of carbonyl (C=O) groups is 1. The monoisotopic (exact) mass is 347 g/mol. The van der Waals surface area contributed by atoms with Gasteiger partial charge in [0, 0.05) is 37.7 Å². The number of anilines is 2. The van der Waals surface area contributed by atoms with Gasteiger partial charge in [0.15, 0.2) is 11.5 Å². The number of nitriles is 1. The fraction of sp³-hybridized carbons (Fsp3) is 0.400. The fourth-order valence-electron chi connectivity index (χ4n) is 4.25. The number of piperidine rings is 1. The van der Waals surface area contributed by atoms with Crippen LogP contribution in [0.3, 0.4) is 0 Å². The highest BCUT2D eigenvalue weighted by Crippen LogP contribution is 2.43. The molecule has 1 aromatic heterocycles. The van der Waals surface area contributed by atoms with E-state index in [2.05, 4.69) is 20.9 Å². The Hall–Kier alpha value is -2.94. The van der Waals surface area contributed by atoms with Crippen LogP contribution >= 0.6 is 0 Å². The molecule has 1 amide bonds. The van der Waals surface area contributed by atoms with Crippen molar-refractivity contribution < 1.29 is 4.79 Å².